The molecule has 2 saturated heterocycles. The summed E-state index contributed by atoms with van der Waals surface area (Å²) < 4.78 is 0. The Bertz CT molecular complexity index is 1370. The zero-order valence-electron chi connectivity index (χ0n) is 22.6. The third-order valence-corrected chi connectivity index (χ3v) is 10.5. The number of aliphatic hydroxyl groups is 2. The molecule has 0 unspecified atom stereocenters. The van der Waals surface area contributed by atoms with E-state index in [0.29, 0.717) is 34.7 Å². The number of halogens is 1. The Morgan fingerprint density at radius 1 is 1.08 bits per heavy atom. The van der Waals surface area contributed by atoms with Gasteiger partial charge < -0.3 is 20.0 Å². The minimum Gasteiger partial charge on any atom is -0.390 e. The molecule has 1 spiro atoms. The van der Waals surface area contributed by atoms with E-state index in [-0.39, 0.29) is 17.9 Å². The second kappa shape index (κ2) is 10.2. The van der Waals surface area contributed by atoms with Crippen LogP contribution < -0.4 is 9.80 Å². The number of pyridine rings is 2. The standard InChI is InChI=1S/C29H35ClN6O2S/c1-18-20-5-4-9-31-21(20)13-29(18)7-11-35(12-8-29)26-22(17-37)34-24(14-33-26)39-23-6-10-32-27(25(23)30)36-15-19(16-36)28(2,3)38/h4-6,9-10,14,18-19,37-38H,7-8,11-13,15-17H2,1-3H3/t18-/m1/s1. The predicted molar refractivity (Wildman–Crippen MR) is 154 cm³/mol. The summed E-state index contributed by atoms with van der Waals surface area (Å²) in [5, 5.41) is 21.7. The quantitative estimate of drug-likeness (QED) is 0.439. The number of hydrogen-bond donors (Lipinski definition) is 2. The van der Waals surface area contributed by atoms with Crippen molar-refractivity contribution in [2.75, 3.05) is 36.0 Å². The predicted octanol–water partition coefficient (Wildman–Crippen LogP) is 4.72. The van der Waals surface area contributed by atoms with Crippen LogP contribution in [0.2, 0.25) is 5.02 Å². The van der Waals surface area contributed by atoms with Crippen molar-refractivity contribution in [2.45, 2.75) is 68.1 Å². The maximum atomic E-state index is 10.3. The van der Waals surface area contributed by atoms with E-state index in [1.54, 1.807) is 12.4 Å². The lowest BCUT2D eigenvalue weighted by Crippen LogP contribution is -2.56. The molecule has 3 aromatic rings. The largest absolute Gasteiger partial charge is 0.390 e. The smallest absolute Gasteiger partial charge is 0.152 e. The number of aliphatic hydroxyl groups excluding tert-OH is 1. The molecule has 0 amide bonds. The fraction of sp³-hybridized carbons (Fsp3) is 0.517. The lowest BCUT2D eigenvalue weighted by Gasteiger charge is -2.46. The topological polar surface area (TPSA) is 98.5 Å². The number of fused-ring (bicyclic) bond motifs is 1. The first-order valence-corrected chi connectivity index (χ1v) is 14.8. The van der Waals surface area contributed by atoms with Gasteiger partial charge in [-0.1, -0.05) is 36.4 Å². The van der Waals surface area contributed by atoms with Crippen LogP contribution in [0.4, 0.5) is 11.6 Å². The molecular weight excluding hydrogens is 532 g/mol. The molecule has 5 heterocycles. The highest BCUT2D eigenvalue weighted by molar-refractivity contribution is 7.99. The Hall–Kier alpha value is -2.46. The van der Waals surface area contributed by atoms with Crippen LogP contribution in [0.3, 0.4) is 0 Å². The van der Waals surface area contributed by atoms with Crippen LogP contribution in [0, 0.1) is 11.3 Å². The van der Waals surface area contributed by atoms with Crippen LogP contribution in [-0.2, 0) is 13.0 Å². The van der Waals surface area contributed by atoms with Crippen molar-refractivity contribution in [3.63, 3.8) is 0 Å². The monoisotopic (exact) mass is 566 g/mol. The van der Waals surface area contributed by atoms with E-state index in [1.807, 2.05) is 32.2 Å². The van der Waals surface area contributed by atoms with Crippen LogP contribution in [-0.4, -0.2) is 61.9 Å². The minimum absolute atomic E-state index is 0.175. The summed E-state index contributed by atoms with van der Waals surface area (Å²) in [7, 11) is 0. The molecular formula is C29H35ClN6O2S. The van der Waals surface area contributed by atoms with Gasteiger partial charge in [0.15, 0.2) is 5.82 Å². The van der Waals surface area contributed by atoms with Crippen LogP contribution in [0.25, 0.3) is 0 Å². The molecule has 1 atom stereocenters. The van der Waals surface area contributed by atoms with Crippen molar-refractivity contribution < 1.29 is 10.2 Å². The molecule has 3 aromatic heterocycles. The van der Waals surface area contributed by atoms with Crippen molar-refractivity contribution in [1.82, 2.24) is 19.9 Å². The zero-order valence-corrected chi connectivity index (χ0v) is 24.2. The first-order valence-electron chi connectivity index (χ1n) is 13.6. The second-order valence-electron chi connectivity index (χ2n) is 11.7. The summed E-state index contributed by atoms with van der Waals surface area (Å²) in [6.45, 7) is 9.04. The van der Waals surface area contributed by atoms with Gasteiger partial charge in [-0.2, -0.15) is 0 Å². The normalized spacial score (nSPS) is 20.8. The van der Waals surface area contributed by atoms with Crippen molar-refractivity contribution in [1.29, 1.82) is 0 Å². The molecule has 0 saturated carbocycles. The molecule has 10 heteroatoms. The van der Waals surface area contributed by atoms with Crippen molar-refractivity contribution in [2.24, 2.45) is 11.3 Å². The van der Waals surface area contributed by atoms with E-state index in [9.17, 15) is 10.2 Å². The SMILES string of the molecule is C[C@@H]1c2cccnc2CC12CCN(c1ncc(Sc3ccnc(N4CC(C(C)(C)O)C4)c3Cl)nc1CO)CC2. The molecule has 206 valence electrons. The molecule has 2 fully saturated rings. The lowest BCUT2D eigenvalue weighted by molar-refractivity contribution is 0.00438. The van der Waals surface area contributed by atoms with E-state index in [2.05, 4.69) is 32.8 Å². The average Bonchev–Trinajstić information content (AvgIpc) is 3.16. The van der Waals surface area contributed by atoms with Crippen LogP contribution in [0.15, 0.2) is 46.7 Å². The van der Waals surface area contributed by atoms with E-state index < -0.39 is 5.60 Å². The molecule has 2 aliphatic heterocycles. The van der Waals surface area contributed by atoms with Gasteiger partial charge >= 0.3 is 0 Å². The third-order valence-electron chi connectivity index (χ3n) is 9.07. The fourth-order valence-corrected chi connectivity index (χ4v) is 7.47. The van der Waals surface area contributed by atoms with E-state index in [0.717, 1.165) is 48.9 Å². The average molecular weight is 567 g/mol. The molecule has 6 rings (SSSR count). The van der Waals surface area contributed by atoms with Gasteiger partial charge in [-0.3, -0.25) is 4.98 Å². The summed E-state index contributed by atoms with van der Waals surface area (Å²) >= 11 is 8.18. The minimum atomic E-state index is -0.722. The van der Waals surface area contributed by atoms with Gasteiger partial charge in [0.2, 0.25) is 0 Å². The second-order valence-corrected chi connectivity index (χ2v) is 13.2. The van der Waals surface area contributed by atoms with Crippen molar-refractivity contribution in [3.05, 3.63) is 58.8 Å². The Kier molecular flexibility index (Phi) is 6.98. The summed E-state index contributed by atoms with van der Waals surface area (Å²) in [6.07, 6.45) is 8.59. The molecule has 0 aromatic carbocycles. The Balaban J connectivity index is 1.14. The summed E-state index contributed by atoms with van der Waals surface area (Å²) in [6, 6.07) is 6.15. The number of piperidine rings is 1. The number of rotatable bonds is 6. The molecule has 2 N–H and O–H groups in total. The van der Waals surface area contributed by atoms with Gasteiger partial charge in [0.05, 0.1) is 23.4 Å². The van der Waals surface area contributed by atoms with Crippen molar-refractivity contribution in [3.8, 4) is 0 Å². The molecule has 39 heavy (non-hydrogen) atoms. The molecule has 8 nitrogen and oxygen atoms in total. The molecule has 0 radical (unpaired) electrons. The Labute approximate surface area is 238 Å². The van der Waals surface area contributed by atoms with Gasteiger partial charge in [0.1, 0.15) is 16.5 Å². The highest BCUT2D eigenvalue weighted by Crippen LogP contribution is 2.52. The van der Waals surface area contributed by atoms with Crippen molar-refractivity contribution >= 4 is 35.0 Å². The van der Waals surface area contributed by atoms with Crippen LogP contribution in [0.1, 0.15) is 56.5 Å². The molecule has 1 aliphatic carbocycles. The maximum Gasteiger partial charge on any atom is 0.152 e. The molecule has 0 bridgehead atoms. The first-order chi connectivity index (χ1) is 18.7. The highest BCUT2D eigenvalue weighted by Gasteiger charge is 2.46. The van der Waals surface area contributed by atoms with E-state index in [1.165, 1.54) is 23.0 Å². The summed E-state index contributed by atoms with van der Waals surface area (Å²) in [5.41, 5.74) is 2.75. The number of nitrogens with zero attached hydrogens (tertiary/aromatic N) is 6. The van der Waals surface area contributed by atoms with Gasteiger partial charge in [0.25, 0.3) is 0 Å². The number of hydrogen-bond acceptors (Lipinski definition) is 9. The third kappa shape index (κ3) is 4.88. The Morgan fingerprint density at radius 3 is 2.54 bits per heavy atom. The number of anilines is 2. The lowest BCUT2D eigenvalue weighted by atomic mass is 9.70. The van der Waals surface area contributed by atoms with Gasteiger partial charge in [-0.15, -0.1) is 0 Å². The van der Waals surface area contributed by atoms with Crippen LogP contribution >= 0.6 is 23.4 Å². The van der Waals surface area contributed by atoms with Gasteiger partial charge in [-0.05, 0) is 62.1 Å². The fourth-order valence-electron chi connectivity index (χ4n) is 6.33. The van der Waals surface area contributed by atoms with Gasteiger partial charge in [-0.25, -0.2) is 15.0 Å². The van der Waals surface area contributed by atoms with E-state index in [4.69, 9.17) is 21.6 Å². The first kappa shape index (κ1) is 26.7. The summed E-state index contributed by atoms with van der Waals surface area (Å²) in [5.74, 6) is 2.16. The van der Waals surface area contributed by atoms with E-state index >= 15 is 0 Å². The maximum absolute atomic E-state index is 10.3. The molecule has 3 aliphatic rings. The van der Waals surface area contributed by atoms with Crippen LogP contribution in [0.5, 0.6) is 0 Å². The Morgan fingerprint density at radius 2 is 1.85 bits per heavy atom. The zero-order chi connectivity index (χ0) is 27.4. The summed E-state index contributed by atoms with van der Waals surface area (Å²) in [4.78, 5) is 23.9. The van der Waals surface area contributed by atoms with Gasteiger partial charge in [0, 0.05) is 55.1 Å². The highest BCUT2D eigenvalue weighted by atomic mass is 35.5. The number of aromatic nitrogens is 4.